The molecular formula is C20H19FN2S. The highest BCUT2D eigenvalue weighted by Gasteiger charge is 2.21. The van der Waals surface area contributed by atoms with Gasteiger partial charge in [0, 0.05) is 10.8 Å². The van der Waals surface area contributed by atoms with Crippen molar-refractivity contribution in [3.05, 3.63) is 60.3 Å². The largest absolute Gasteiger partial charge is 0.240 e. The summed E-state index contributed by atoms with van der Waals surface area (Å²) in [6, 6.07) is 8.75. The highest BCUT2D eigenvalue weighted by atomic mass is 32.1. The minimum atomic E-state index is -0.208. The molecule has 1 aliphatic rings. The van der Waals surface area contributed by atoms with Gasteiger partial charge in [0.1, 0.15) is 12.1 Å². The van der Waals surface area contributed by atoms with Gasteiger partial charge in [-0.05, 0) is 48.9 Å². The molecule has 0 saturated heterocycles. The van der Waals surface area contributed by atoms with Crippen molar-refractivity contribution in [2.75, 3.05) is 0 Å². The Morgan fingerprint density at radius 1 is 1.17 bits per heavy atom. The van der Waals surface area contributed by atoms with Crippen LogP contribution in [0.5, 0.6) is 0 Å². The van der Waals surface area contributed by atoms with E-state index in [0.29, 0.717) is 11.8 Å². The average molecular weight is 338 g/mol. The van der Waals surface area contributed by atoms with Crippen LogP contribution in [0.25, 0.3) is 20.7 Å². The van der Waals surface area contributed by atoms with Crippen molar-refractivity contribution in [2.24, 2.45) is 5.92 Å². The third kappa shape index (κ3) is 2.98. The van der Waals surface area contributed by atoms with E-state index >= 15 is 0 Å². The first kappa shape index (κ1) is 15.5. The van der Waals surface area contributed by atoms with Crippen LogP contribution < -0.4 is 0 Å². The lowest BCUT2D eigenvalue weighted by Crippen LogP contribution is -2.04. The van der Waals surface area contributed by atoms with Crippen LogP contribution in [-0.2, 0) is 0 Å². The second-order valence-electron chi connectivity index (χ2n) is 6.51. The van der Waals surface area contributed by atoms with Gasteiger partial charge in [-0.3, -0.25) is 0 Å². The standard InChI is InChI=1S/C20H19FN2S/c1-13-4-2-3-5-15(10-13)19-20-17(22-12-23-19)11-18(24-20)14-6-8-16(21)9-7-14/h2,4,6-9,11-13,15H,3,5,10H2,1H3/t13-,15?/m0/s1. The highest BCUT2D eigenvalue weighted by Crippen LogP contribution is 2.39. The molecule has 0 bridgehead atoms. The van der Waals surface area contributed by atoms with E-state index in [0.717, 1.165) is 35.2 Å². The molecule has 122 valence electrons. The van der Waals surface area contributed by atoms with Crippen LogP contribution in [0.3, 0.4) is 0 Å². The Hall–Kier alpha value is -2.07. The molecule has 2 heterocycles. The summed E-state index contributed by atoms with van der Waals surface area (Å²) < 4.78 is 14.3. The summed E-state index contributed by atoms with van der Waals surface area (Å²) in [6.07, 6.45) is 9.67. The third-order valence-electron chi connectivity index (χ3n) is 4.66. The van der Waals surface area contributed by atoms with Crippen molar-refractivity contribution in [2.45, 2.75) is 32.1 Å². The summed E-state index contributed by atoms with van der Waals surface area (Å²) in [7, 11) is 0. The number of halogens is 1. The van der Waals surface area contributed by atoms with Gasteiger partial charge in [0.25, 0.3) is 0 Å². The number of benzene rings is 1. The number of rotatable bonds is 2. The van der Waals surface area contributed by atoms with Crippen molar-refractivity contribution in [3.8, 4) is 10.4 Å². The number of hydrogen-bond acceptors (Lipinski definition) is 3. The van der Waals surface area contributed by atoms with Crippen molar-refractivity contribution in [1.82, 2.24) is 9.97 Å². The molecule has 0 aliphatic heterocycles. The predicted molar refractivity (Wildman–Crippen MR) is 97.7 cm³/mol. The van der Waals surface area contributed by atoms with E-state index in [2.05, 4.69) is 35.1 Å². The van der Waals surface area contributed by atoms with Crippen LogP contribution in [0.4, 0.5) is 4.39 Å². The van der Waals surface area contributed by atoms with Gasteiger partial charge < -0.3 is 0 Å². The molecule has 0 N–H and O–H groups in total. The molecule has 0 amide bonds. The zero-order valence-electron chi connectivity index (χ0n) is 13.6. The molecule has 0 fully saturated rings. The topological polar surface area (TPSA) is 25.8 Å². The molecule has 0 saturated carbocycles. The molecule has 1 aromatic carbocycles. The van der Waals surface area contributed by atoms with E-state index < -0.39 is 0 Å². The Kier molecular flexibility index (Phi) is 4.15. The second-order valence-corrected chi connectivity index (χ2v) is 7.56. The third-order valence-corrected chi connectivity index (χ3v) is 5.85. The van der Waals surface area contributed by atoms with Crippen LogP contribution in [0.15, 0.2) is 48.8 Å². The molecule has 2 atom stereocenters. The number of fused-ring (bicyclic) bond motifs is 1. The van der Waals surface area contributed by atoms with Gasteiger partial charge in [0.2, 0.25) is 0 Å². The fraction of sp³-hybridized carbons (Fsp3) is 0.300. The van der Waals surface area contributed by atoms with Gasteiger partial charge in [0.15, 0.2) is 0 Å². The van der Waals surface area contributed by atoms with Crippen LogP contribution >= 0.6 is 11.3 Å². The summed E-state index contributed by atoms with van der Waals surface area (Å²) in [6.45, 7) is 2.27. The molecule has 3 aromatic rings. The SMILES string of the molecule is C[C@H]1C=CCCC(c2ncnc3cc(-c4ccc(F)cc4)sc23)C1. The summed E-state index contributed by atoms with van der Waals surface area (Å²) in [5.74, 6) is 0.847. The fourth-order valence-electron chi connectivity index (χ4n) is 3.44. The van der Waals surface area contributed by atoms with Crippen LogP contribution in [-0.4, -0.2) is 9.97 Å². The second kappa shape index (κ2) is 6.44. The van der Waals surface area contributed by atoms with E-state index in [4.69, 9.17) is 0 Å². The summed E-state index contributed by atoms with van der Waals surface area (Å²) in [4.78, 5) is 10.2. The van der Waals surface area contributed by atoms with Gasteiger partial charge in [-0.25, -0.2) is 14.4 Å². The minimum absolute atomic E-state index is 0.208. The van der Waals surface area contributed by atoms with E-state index in [9.17, 15) is 4.39 Å². The van der Waals surface area contributed by atoms with Crippen LogP contribution in [0, 0.1) is 11.7 Å². The molecule has 24 heavy (non-hydrogen) atoms. The average Bonchev–Trinajstić information content (AvgIpc) is 2.91. The van der Waals surface area contributed by atoms with E-state index in [1.165, 1.54) is 22.5 Å². The molecule has 2 aromatic heterocycles. The van der Waals surface area contributed by atoms with Crippen LogP contribution in [0.1, 0.15) is 37.8 Å². The number of allylic oxidation sites excluding steroid dienone is 2. The zero-order valence-corrected chi connectivity index (χ0v) is 14.4. The van der Waals surface area contributed by atoms with E-state index in [1.54, 1.807) is 17.7 Å². The van der Waals surface area contributed by atoms with Crippen molar-refractivity contribution in [3.63, 3.8) is 0 Å². The van der Waals surface area contributed by atoms with Crippen molar-refractivity contribution in [1.29, 1.82) is 0 Å². The van der Waals surface area contributed by atoms with Crippen molar-refractivity contribution >= 4 is 21.6 Å². The number of nitrogens with zero attached hydrogens (tertiary/aromatic N) is 2. The number of aromatic nitrogens is 2. The Morgan fingerprint density at radius 3 is 2.83 bits per heavy atom. The molecule has 2 nitrogen and oxygen atoms in total. The lowest BCUT2D eigenvalue weighted by molar-refractivity contribution is 0.520. The Balaban J connectivity index is 1.76. The molecule has 0 radical (unpaired) electrons. The fourth-order valence-corrected chi connectivity index (χ4v) is 4.62. The molecule has 0 spiro atoms. The van der Waals surface area contributed by atoms with E-state index in [1.807, 2.05) is 12.1 Å². The molecule has 1 aliphatic carbocycles. The normalized spacial score (nSPS) is 21.1. The Bertz CT molecular complexity index is 882. The first-order valence-electron chi connectivity index (χ1n) is 8.38. The van der Waals surface area contributed by atoms with Gasteiger partial charge >= 0.3 is 0 Å². The Morgan fingerprint density at radius 2 is 2.00 bits per heavy atom. The monoisotopic (exact) mass is 338 g/mol. The molecule has 4 rings (SSSR count). The number of hydrogen-bond donors (Lipinski definition) is 0. The maximum absolute atomic E-state index is 13.2. The lowest BCUT2D eigenvalue weighted by atomic mass is 9.91. The lowest BCUT2D eigenvalue weighted by Gasteiger charge is -2.16. The van der Waals surface area contributed by atoms with Crippen molar-refractivity contribution < 1.29 is 4.39 Å². The van der Waals surface area contributed by atoms with E-state index in [-0.39, 0.29) is 5.82 Å². The molecule has 1 unspecified atom stereocenters. The quantitative estimate of drug-likeness (QED) is 0.539. The maximum Gasteiger partial charge on any atom is 0.123 e. The summed E-state index contributed by atoms with van der Waals surface area (Å²) in [5, 5.41) is 0. The molecule has 4 heteroatoms. The van der Waals surface area contributed by atoms with Crippen LogP contribution in [0.2, 0.25) is 0 Å². The molecular weight excluding hydrogens is 319 g/mol. The zero-order chi connectivity index (χ0) is 16.5. The van der Waals surface area contributed by atoms with Gasteiger partial charge in [-0.1, -0.05) is 31.2 Å². The minimum Gasteiger partial charge on any atom is -0.240 e. The van der Waals surface area contributed by atoms with Gasteiger partial charge in [-0.15, -0.1) is 11.3 Å². The first-order valence-corrected chi connectivity index (χ1v) is 9.19. The smallest absolute Gasteiger partial charge is 0.123 e. The highest BCUT2D eigenvalue weighted by molar-refractivity contribution is 7.22. The van der Waals surface area contributed by atoms with Gasteiger partial charge in [0.05, 0.1) is 15.9 Å². The number of thiophene rings is 1. The van der Waals surface area contributed by atoms with Gasteiger partial charge in [-0.2, -0.15) is 0 Å². The first-order chi connectivity index (χ1) is 11.7. The predicted octanol–water partition coefficient (Wildman–Crippen LogP) is 5.96. The summed E-state index contributed by atoms with van der Waals surface area (Å²) in [5.41, 5.74) is 3.20. The summed E-state index contributed by atoms with van der Waals surface area (Å²) >= 11 is 1.72. The maximum atomic E-state index is 13.2. The Labute approximate surface area is 145 Å².